The maximum Gasteiger partial charge on any atom is 0.322 e. The molecule has 11 heteroatoms. The summed E-state index contributed by atoms with van der Waals surface area (Å²) >= 11 is 0. The minimum atomic E-state index is -1.68. The Hall–Kier alpha value is -4.28. The quantitative estimate of drug-likeness (QED) is 0.480. The van der Waals surface area contributed by atoms with E-state index in [-0.39, 0.29) is 24.4 Å². The van der Waals surface area contributed by atoms with Crippen LogP contribution >= 0.6 is 0 Å². The van der Waals surface area contributed by atoms with Crippen LogP contribution in [-0.2, 0) is 23.3 Å². The molecule has 3 aromatic rings. The molecule has 2 aromatic heterocycles. The van der Waals surface area contributed by atoms with Gasteiger partial charge in [0.05, 0.1) is 18.7 Å². The fourth-order valence-electron chi connectivity index (χ4n) is 4.84. The molecule has 178 valence electrons. The number of halogens is 1. The number of fused-ring (bicyclic) bond motifs is 2. The maximum atomic E-state index is 14.9. The Bertz CT molecular complexity index is 1460. The molecule has 3 N–H and O–H groups in total. The monoisotopic (exact) mass is 476 g/mol. The average molecular weight is 476 g/mol. The summed E-state index contributed by atoms with van der Waals surface area (Å²) in [6.45, 7) is 3.07. The van der Waals surface area contributed by atoms with Crippen LogP contribution in [0.1, 0.15) is 39.9 Å². The molecule has 1 aromatic carbocycles. The number of carbonyl (C=O) groups excluding carboxylic acids is 3. The van der Waals surface area contributed by atoms with Crippen molar-refractivity contribution in [2.24, 2.45) is 4.99 Å². The minimum absolute atomic E-state index is 0.00696. The van der Waals surface area contributed by atoms with Gasteiger partial charge in [-0.15, -0.1) is 0 Å². The fraction of sp³-hybridized carbons (Fsp3) is 0.292. The molecular weight excluding hydrogens is 455 g/mol. The number of amidine groups is 1. The number of imide groups is 1. The smallest absolute Gasteiger partial charge is 0.322 e. The number of furan rings is 1. The highest BCUT2D eigenvalue weighted by Gasteiger charge is 2.53. The van der Waals surface area contributed by atoms with Gasteiger partial charge in [0.2, 0.25) is 0 Å². The zero-order valence-corrected chi connectivity index (χ0v) is 18.8. The number of aryl methyl sites for hydroxylation is 1. The number of aromatic nitrogens is 1. The van der Waals surface area contributed by atoms with Gasteiger partial charge in [-0.2, -0.15) is 0 Å². The van der Waals surface area contributed by atoms with Gasteiger partial charge in [-0.1, -0.05) is 19.1 Å². The van der Waals surface area contributed by atoms with Crippen LogP contribution < -0.4 is 16.0 Å². The van der Waals surface area contributed by atoms with Crippen LogP contribution in [0.2, 0.25) is 0 Å². The number of pyridine rings is 1. The van der Waals surface area contributed by atoms with Crippen LogP contribution in [0.15, 0.2) is 39.9 Å². The van der Waals surface area contributed by atoms with E-state index in [2.05, 4.69) is 25.9 Å². The van der Waals surface area contributed by atoms with Crippen molar-refractivity contribution in [1.29, 1.82) is 0 Å². The Morgan fingerprint density at radius 1 is 1.23 bits per heavy atom. The largest absolute Gasteiger partial charge is 0.458 e. The van der Waals surface area contributed by atoms with E-state index in [9.17, 15) is 18.8 Å². The molecule has 0 bridgehead atoms. The molecule has 6 rings (SSSR count). The van der Waals surface area contributed by atoms with E-state index in [4.69, 9.17) is 4.42 Å². The lowest BCUT2D eigenvalue weighted by Gasteiger charge is -2.29. The molecule has 0 saturated carbocycles. The molecule has 35 heavy (non-hydrogen) atoms. The topological polar surface area (TPSA) is 129 Å². The molecule has 4 amide bonds. The molecular formula is C24H21FN6O4. The highest BCUT2D eigenvalue weighted by Crippen LogP contribution is 2.35. The van der Waals surface area contributed by atoms with Crippen molar-refractivity contribution in [3.63, 3.8) is 0 Å². The molecule has 0 radical (unpaired) electrons. The molecule has 3 aliphatic heterocycles. The first-order valence-electron chi connectivity index (χ1n) is 11.3. The Balaban J connectivity index is 1.39. The second-order valence-electron chi connectivity index (χ2n) is 8.78. The predicted octanol–water partition coefficient (Wildman–Crippen LogP) is 1.57. The van der Waals surface area contributed by atoms with Gasteiger partial charge < -0.3 is 20.0 Å². The summed E-state index contributed by atoms with van der Waals surface area (Å²) in [6, 6.07) is 6.01. The first-order chi connectivity index (χ1) is 16.9. The molecule has 5 heterocycles. The molecule has 1 fully saturated rings. The van der Waals surface area contributed by atoms with E-state index in [0.717, 1.165) is 6.54 Å². The van der Waals surface area contributed by atoms with Crippen LogP contribution in [0.25, 0.3) is 11.0 Å². The normalized spacial score (nSPS) is 21.3. The number of hydrogen-bond donors (Lipinski definition) is 3. The Kier molecular flexibility index (Phi) is 4.63. The number of amides is 4. The van der Waals surface area contributed by atoms with E-state index < -0.39 is 29.2 Å². The molecule has 0 aliphatic carbocycles. The zero-order valence-electron chi connectivity index (χ0n) is 18.8. The van der Waals surface area contributed by atoms with Gasteiger partial charge in [-0.25, -0.2) is 9.18 Å². The SMILES string of the molecule is CCc1ccc2c(c1F)C(=O)N(C[C@@]1(c3cc4cnc(C5=NCCN5)cc4o3)NC(=O)NC1=O)C2. The van der Waals surface area contributed by atoms with E-state index in [1.54, 1.807) is 30.5 Å². The van der Waals surface area contributed by atoms with Crippen LogP contribution in [-0.4, -0.2) is 53.2 Å². The second kappa shape index (κ2) is 7.62. The molecule has 1 atom stereocenters. The number of nitrogens with one attached hydrogen (secondary N) is 3. The fourth-order valence-corrected chi connectivity index (χ4v) is 4.84. The maximum absolute atomic E-state index is 14.9. The van der Waals surface area contributed by atoms with Crippen LogP contribution in [0.3, 0.4) is 0 Å². The highest BCUT2D eigenvalue weighted by atomic mass is 19.1. The van der Waals surface area contributed by atoms with Crippen LogP contribution in [0.4, 0.5) is 9.18 Å². The third-order valence-electron chi connectivity index (χ3n) is 6.66. The molecule has 0 unspecified atom stereocenters. The van der Waals surface area contributed by atoms with Gasteiger partial charge in [0.25, 0.3) is 11.8 Å². The number of rotatable bonds is 5. The van der Waals surface area contributed by atoms with Gasteiger partial charge in [0.15, 0.2) is 5.54 Å². The Morgan fingerprint density at radius 3 is 2.80 bits per heavy atom. The number of benzene rings is 1. The Labute approximate surface area is 198 Å². The third-order valence-corrected chi connectivity index (χ3v) is 6.66. The average Bonchev–Trinajstić information content (AvgIpc) is 3.61. The summed E-state index contributed by atoms with van der Waals surface area (Å²) in [5.41, 5.74) is 0.353. The van der Waals surface area contributed by atoms with Crippen molar-refractivity contribution in [2.75, 3.05) is 19.6 Å². The van der Waals surface area contributed by atoms with E-state index in [0.29, 0.717) is 46.6 Å². The van der Waals surface area contributed by atoms with Gasteiger partial charge in [-0.05, 0) is 23.6 Å². The van der Waals surface area contributed by atoms with Crippen LogP contribution in [0, 0.1) is 5.82 Å². The zero-order chi connectivity index (χ0) is 24.3. The van der Waals surface area contributed by atoms with Crippen molar-refractivity contribution in [2.45, 2.75) is 25.4 Å². The summed E-state index contributed by atoms with van der Waals surface area (Å²) in [5, 5.41) is 8.64. The van der Waals surface area contributed by atoms with Gasteiger partial charge in [0, 0.05) is 30.7 Å². The summed E-state index contributed by atoms with van der Waals surface area (Å²) in [5.74, 6) is -0.936. The lowest BCUT2D eigenvalue weighted by atomic mass is 9.95. The Morgan fingerprint density at radius 2 is 2.09 bits per heavy atom. The van der Waals surface area contributed by atoms with E-state index in [1.807, 2.05) is 6.92 Å². The van der Waals surface area contributed by atoms with Crippen molar-refractivity contribution in [3.8, 4) is 0 Å². The standard InChI is InChI=1S/C24H21FN6O4/c1-2-12-3-4-13-10-31(21(32)18(13)19(12)25)11-24(22(33)29-23(34)30-24)17-7-14-9-28-15(8-16(14)35-17)20-26-5-6-27-20/h3-4,7-9H,2,5-6,10-11H2,1H3,(H,26,27)(H2,29,30,33,34)/t24-/m0/s1. The second-order valence-corrected chi connectivity index (χ2v) is 8.78. The molecule has 1 saturated heterocycles. The number of nitrogens with zero attached hydrogens (tertiary/aromatic N) is 3. The summed E-state index contributed by atoms with van der Waals surface area (Å²) in [4.78, 5) is 48.6. The number of aliphatic imine (C=N–C) groups is 1. The molecule has 3 aliphatic rings. The third kappa shape index (κ3) is 3.18. The van der Waals surface area contributed by atoms with Crippen molar-refractivity contribution >= 4 is 34.7 Å². The predicted molar refractivity (Wildman–Crippen MR) is 122 cm³/mol. The lowest BCUT2D eigenvalue weighted by molar-refractivity contribution is -0.125. The molecule has 0 spiro atoms. The van der Waals surface area contributed by atoms with Crippen LogP contribution in [0.5, 0.6) is 0 Å². The lowest BCUT2D eigenvalue weighted by Crippen LogP contribution is -2.52. The first-order valence-corrected chi connectivity index (χ1v) is 11.3. The van der Waals surface area contributed by atoms with Gasteiger partial charge in [0.1, 0.15) is 28.7 Å². The number of hydrogen-bond acceptors (Lipinski definition) is 7. The first kappa shape index (κ1) is 21.3. The minimum Gasteiger partial charge on any atom is -0.458 e. The van der Waals surface area contributed by atoms with Crippen molar-refractivity contribution < 1.29 is 23.2 Å². The summed E-state index contributed by atoms with van der Waals surface area (Å²) in [6.07, 6.45) is 2.05. The number of urea groups is 1. The molecule has 10 nitrogen and oxygen atoms in total. The summed E-state index contributed by atoms with van der Waals surface area (Å²) < 4.78 is 21.0. The van der Waals surface area contributed by atoms with Gasteiger partial charge in [-0.3, -0.25) is 24.9 Å². The number of carbonyl (C=O) groups is 3. The van der Waals surface area contributed by atoms with Crippen molar-refractivity contribution in [1.82, 2.24) is 25.8 Å². The van der Waals surface area contributed by atoms with Gasteiger partial charge >= 0.3 is 6.03 Å². The van der Waals surface area contributed by atoms with E-state index in [1.165, 1.54) is 4.90 Å². The van der Waals surface area contributed by atoms with E-state index >= 15 is 0 Å². The van der Waals surface area contributed by atoms with Crippen molar-refractivity contribution in [3.05, 3.63) is 64.4 Å². The highest BCUT2D eigenvalue weighted by molar-refractivity contribution is 6.08. The summed E-state index contributed by atoms with van der Waals surface area (Å²) in [7, 11) is 0.